The maximum Gasteiger partial charge on any atom is 0.164 e. The van der Waals surface area contributed by atoms with Crippen molar-refractivity contribution in [3.05, 3.63) is 130 Å². The smallest absolute Gasteiger partial charge is 0.164 e. The van der Waals surface area contributed by atoms with Crippen LogP contribution in [0.5, 0.6) is 0 Å². The number of hydrogen-bond acceptors (Lipinski definition) is 5. The maximum atomic E-state index is 5.18. The molecule has 0 aliphatic carbocycles. The zero-order valence-corrected chi connectivity index (χ0v) is 24.0. The van der Waals surface area contributed by atoms with E-state index in [1.807, 2.05) is 54.1 Å². The zero-order valence-electron chi connectivity index (χ0n) is 24.0. The topological polar surface area (TPSA) is 94.5 Å². The van der Waals surface area contributed by atoms with Gasteiger partial charge in [0.15, 0.2) is 17.5 Å². The lowest BCUT2D eigenvalue weighted by atomic mass is 10.0. The summed E-state index contributed by atoms with van der Waals surface area (Å²) in [6.45, 7) is 2.15. The lowest BCUT2D eigenvalue weighted by molar-refractivity contribution is 0.820. The number of benzene rings is 4. The molecule has 2 aromatic heterocycles. The monoisotopic (exact) mass is 560 g/mol. The van der Waals surface area contributed by atoms with Crippen molar-refractivity contribution in [2.45, 2.75) is 13.0 Å². The first kappa shape index (κ1) is 25.1. The molecule has 1 unspecified atom stereocenters. The number of nitrogens with zero attached hydrogens (tertiary/aromatic N) is 6. The summed E-state index contributed by atoms with van der Waals surface area (Å²) in [4.78, 5) is 28.7. The van der Waals surface area contributed by atoms with Crippen LogP contribution in [-0.4, -0.2) is 34.1 Å². The lowest BCUT2D eigenvalue weighted by Crippen LogP contribution is -2.26. The highest BCUT2D eigenvalue weighted by Gasteiger charge is 2.24. The average molecular weight is 561 g/mol. The first-order chi connectivity index (χ1) is 21.1. The van der Waals surface area contributed by atoms with Gasteiger partial charge in [-0.1, -0.05) is 97.1 Å². The van der Waals surface area contributed by atoms with Crippen LogP contribution in [0.2, 0.25) is 0 Å². The molecule has 2 aliphatic heterocycles. The average Bonchev–Trinajstić information content (AvgIpc) is 3.66. The Kier molecular flexibility index (Phi) is 5.68. The third kappa shape index (κ3) is 3.94. The van der Waals surface area contributed by atoms with Gasteiger partial charge in [0.05, 0.1) is 6.04 Å². The van der Waals surface area contributed by atoms with Crippen molar-refractivity contribution in [3.8, 4) is 0 Å². The molecule has 43 heavy (non-hydrogen) atoms. The second-order valence-corrected chi connectivity index (χ2v) is 10.8. The third-order valence-electron chi connectivity index (χ3n) is 8.24. The summed E-state index contributed by atoms with van der Waals surface area (Å²) in [6.07, 6.45) is 0. The van der Waals surface area contributed by atoms with Gasteiger partial charge in [-0.2, -0.15) is 0 Å². The molecule has 4 heterocycles. The molecule has 208 valence electrons. The minimum absolute atomic E-state index is 0.0612. The van der Waals surface area contributed by atoms with Gasteiger partial charge in [-0.3, -0.25) is 4.99 Å². The molecule has 0 saturated carbocycles. The minimum Gasteiger partial charge on any atom is -0.365 e. The highest BCUT2D eigenvalue weighted by molar-refractivity contribution is 6.23. The van der Waals surface area contributed by atoms with E-state index in [2.05, 4.69) is 76.8 Å². The molecule has 0 amide bonds. The quantitative estimate of drug-likeness (QED) is 0.234. The molecule has 2 aliphatic rings. The highest BCUT2D eigenvalue weighted by atomic mass is 15.1. The van der Waals surface area contributed by atoms with Crippen LogP contribution in [-0.2, 0) is 7.05 Å². The number of nitrogens with one attached hydrogen (secondary N) is 2. The maximum absolute atomic E-state index is 5.18. The van der Waals surface area contributed by atoms with Crippen LogP contribution in [0.3, 0.4) is 0 Å². The van der Waals surface area contributed by atoms with Crippen molar-refractivity contribution in [2.75, 3.05) is 12.4 Å². The van der Waals surface area contributed by atoms with Gasteiger partial charge in [0.1, 0.15) is 22.6 Å². The number of amidine groups is 3. The van der Waals surface area contributed by atoms with E-state index in [9.17, 15) is 0 Å². The van der Waals surface area contributed by atoms with Gasteiger partial charge >= 0.3 is 0 Å². The number of H-pyrrole nitrogens is 1. The normalized spacial score (nSPS) is 19.7. The fourth-order valence-corrected chi connectivity index (χ4v) is 6.14. The summed E-state index contributed by atoms with van der Waals surface area (Å²) in [7, 11) is 3.79. The molecule has 8 nitrogen and oxygen atoms in total. The van der Waals surface area contributed by atoms with Crippen LogP contribution in [0, 0.1) is 0 Å². The molecule has 6 aromatic rings. The van der Waals surface area contributed by atoms with Crippen molar-refractivity contribution in [1.82, 2.24) is 9.55 Å². The van der Waals surface area contributed by atoms with E-state index in [4.69, 9.17) is 20.0 Å². The summed E-state index contributed by atoms with van der Waals surface area (Å²) >= 11 is 0. The van der Waals surface area contributed by atoms with Crippen molar-refractivity contribution in [2.24, 2.45) is 32.0 Å². The minimum atomic E-state index is -0.0612. The SMILES string of the molecule is C/N=C1\N=c2\c3ccccc3/c(n2C)=N/C2=NC(=N\c3[nH]c(c4ccccc34)NC(C)c3ccccc31)/c1ccccc12. The molecule has 0 radical (unpaired) electrons. The summed E-state index contributed by atoms with van der Waals surface area (Å²) in [5, 5.41) is 7.79. The Morgan fingerprint density at radius 2 is 1.19 bits per heavy atom. The van der Waals surface area contributed by atoms with Gasteiger partial charge in [-0.05, 0) is 12.5 Å². The molecular formula is C35H28N8. The van der Waals surface area contributed by atoms with E-state index in [0.717, 1.165) is 66.4 Å². The Bertz CT molecular complexity index is 2320. The third-order valence-corrected chi connectivity index (χ3v) is 8.24. The van der Waals surface area contributed by atoms with Crippen LogP contribution in [0.15, 0.2) is 122 Å². The second-order valence-electron chi connectivity index (χ2n) is 10.8. The van der Waals surface area contributed by atoms with E-state index < -0.39 is 0 Å². The van der Waals surface area contributed by atoms with Gasteiger partial charge in [-0.15, -0.1) is 0 Å². The van der Waals surface area contributed by atoms with E-state index >= 15 is 0 Å². The van der Waals surface area contributed by atoms with E-state index in [1.54, 1.807) is 7.05 Å². The van der Waals surface area contributed by atoms with Crippen LogP contribution < -0.4 is 16.3 Å². The first-order valence-corrected chi connectivity index (χ1v) is 14.3. The number of rotatable bonds is 0. The molecule has 0 spiro atoms. The molecule has 6 bridgehead atoms. The van der Waals surface area contributed by atoms with Crippen LogP contribution in [0.25, 0.3) is 21.5 Å². The van der Waals surface area contributed by atoms with Crippen LogP contribution in [0.4, 0.5) is 11.6 Å². The van der Waals surface area contributed by atoms with E-state index in [0.29, 0.717) is 17.5 Å². The van der Waals surface area contributed by atoms with Crippen molar-refractivity contribution in [1.29, 1.82) is 0 Å². The molecule has 0 fully saturated rings. The van der Waals surface area contributed by atoms with Crippen molar-refractivity contribution >= 4 is 50.7 Å². The fraction of sp³-hybridized carbons (Fsp3) is 0.114. The molecule has 0 saturated heterocycles. The number of hydrogen-bond donors (Lipinski definition) is 2. The van der Waals surface area contributed by atoms with Gasteiger partial charge in [-0.25, -0.2) is 20.0 Å². The number of aromatic nitrogens is 2. The Morgan fingerprint density at radius 3 is 1.88 bits per heavy atom. The number of fused-ring (bicyclic) bond motifs is 15. The Hall–Kier alpha value is -5.63. The Labute approximate surface area is 247 Å². The van der Waals surface area contributed by atoms with Crippen molar-refractivity contribution in [3.63, 3.8) is 0 Å². The number of anilines is 1. The molecule has 8 heteroatoms. The molecule has 4 aromatic carbocycles. The summed E-state index contributed by atoms with van der Waals surface area (Å²) in [6, 6.07) is 32.8. The fourth-order valence-electron chi connectivity index (χ4n) is 6.14. The summed E-state index contributed by atoms with van der Waals surface area (Å²) in [5.74, 6) is 3.53. The predicted octanol–water partition coefficient (Wildman–Crippen LogP) is 6.00. The van der Waals surface area contributed by atoms with Crippen molar-refractivity contribution < 1.29 is 0 Å². The Morgan fingerprint density at radius 1 is 0.628 bits per heavy atom. The number of aliphatic imine (C=N–C) groups is 3. The van der Waals surface area contributed by atoms with Gasteiger partial charge < -0.3 is 14.9 Å². The standard InChI is InChI=1S/C35H28N8/c1-20-21-12-4-5-13-22(21)29(36-2)41-34-27-18-10-11-19-28(27)35(43(34)3)42-33-26-17-9-8-16-25(26)32(40-33)39-31-24-15-7-6-14-23(24)30(37-20)38-31/h4-20,37-38H,1-3H3/b36-29-,39-32-,41-34-,42-35-. The highest BCUT2D eigenvalue weighted by Crippen LogP contribution is 2.35. The molecule has 8 rings (SSSR count). The molecule has 2 N–H and O–H groups in total. The van der Waals surface area contributed by atoms with E-state index in [-0.39, 0.29) is 6.04 Å². The van der Waals surface area contributed by atoms with Crippen LogP contribution >= 0.6 is 0 Å². The Balaban J connectivity index is 1.49. The van der Waals surface area contributed by atoms with Gasteiger partial charge in [0.2, 0.25) is 0 Å². The zero-order chi connectivity index (χ0) is 29.1. The van der Waals surface area contributed by atoms with E-state index in [1.165, 1.54) is 0 Å². The second kappa shape index (κ2) is 9.73. The van der Waals surface area contributed by atoms with Gasteiger partial charge in [0, 0.05) is 52.3 Å². The predicted molar refractivity (Wildman–Crippen MR) is 174 cm³/mol. The van der Waals surface area contributed by atoms with Gasteiger partial charge in [0.25, 0.3) is 0 Å². The molecular weight excluding hydrogens is 532 g/mol. The summed E-state index contributed by atoms with van der Waals surface area (Å²) < 4.78 is 2.03. The first-order valence-electron chi connectivity index (χ1n) is 14.3. The molecule has 1 atom stereocenters. The summed E-state index contributed by atoms with van der Waals surface area (Å²) in [5.41, 5.74) is 5.51. The number of aromatic amines is 1. The van der Waals surface area contributed by atoms with Crippen LogP contribution in [0.1, 0.15) is 35.2 Å². The largest absolute Gasteiger partial charge is 0.365 e. The lowest BCUT2D eigenvalue weighted by Gasteiger charge is -2.18.